The number of nitrogen functional groups attached to an aromatic ring is 1. The SMILES string of the molecule is COCC(C)(C)n1cnc2cc(N)ccc21. The van der Waals surface area contributed by atoms with Crippen LogP contribution in [0.2, 0.25) is 0 Å². The van der Waals surface area contributed by atoms with Gasteiger partial charge in [0.25, 0.3) is 0 Å². The van der Waals surface area contributed by atoms with Gasteiger partial charge in [-0.1, -0.05) is 0 Å². The number of ether oxygens (including phenoxy) is 1. The van der Waals surface area contributed by atoms with Crippen molar-refractivity contribution in [2.24, 2.45) is 0 Å². The average molecular weight is 219 g/mol. The fraction of sp³-hybridized carbons (Fsp3) is 0.417. The average Bonchev–Trinajstić information content (AvgIpc) is 2.60. The Morgan fingerprint density at radius 1 is 1.44 bits per heavy atom. The summed E-state index contributed by atoms with van der Waals surface area (Å²) in [5, 5.41) is 0. The molecular formula is C12H17N3O. The molecule has 0 saturated heterocycles. The van der Waals surface area contributed by atoms with Crippen LogP contribution in [0.1, 0.15) is 13.8 Å². The molecule has 0 aliphatic rings. The van der Waals surface area contributed by atoms with E-state index < -0.39 is 0 Å². The van der Waals surface area contributed by atoms with Crippen molar-refractivity contribution in [2.75, 3.05) is 19.5 Å². The molecule has 0 radical (unpaired) electrons. The summed E-state index contributed by atoms with van der Waals surface area (Å²) in [7, 11) is 1.71. The van der Waals surface area contributed by atoms with E-state index >= 15 is 0 Å². The first-order valence-electron chi connectivity index (χ1n) is 5.26. The second-order valence-electron chi connectivity index (χ2n) is 4.61. The minimum Gasteiger partial charge on any atom is -0.399 e. The highest BCUT2D eigenvalue weighted by Crippen LogP contribution is 2.23. The maximum atomic E-state index is 5.73. The van der Waals surface area contributed by atoms with Crippen molar-refractivity contribution < 1.29 is 4.74 Å². The monoisotopic (exact) mass is 219 g/mol. The number of fused-ring (bicyclic) bond motifs is 1. The molecule has 2 rings (SSSR count). The molecule has 4 heteroatoms. The standard InChI is InChI=1S/C12H17N3O/c1-12(2,7-16-3)15-8-14-10-6-9(13)4-5-11(10)15/h4-6,8H,7,13H2,1-3H3. The summed E-state index contributed by atoms with van der Waals surface area (Å²) in [6.07, 6.45) is 1.84. The van der Waals surface area contributed by atoms with E-state index in [4.69, 9.17) is 10.5 Å². The Kier molecular flexibility index (Phi) is 2.59. The minimum absolute atomic E-state index is 0.111. The van der Waals surface area contributed by atoms with Crippen LogP contribution in [0.3, 0.4) is 0 Å². The Balaban J connectivity index is 2.53. The van der Waals surface area contributed by atoms with Gasteiger partial charge >= 0.3 is 0 Å². The molecule has 0 aliphatic heterocycles. The Hall–Kier alpha value is -1.55. The van der Waals surface area contributed by atoms with Gasteiger partial charge in [-0.2, -0.15) is 0 Å². The van der Waals surface area contributed by atoms with Gasteiger partial charge in [-0.25, -0.2) is 4.98 Å². The van der Waals surface area contributed by atoms with Gasteiger partial charge in [-0.05, 0) is 32.0 Å². The minimum atomic E-state index is -0.111. The van der Waals surface area contributed by atoms with Crippen molar-refractivity contribution in [1.82, 2.24) is 9.55 Å². The second-order valence-corrected chi connectivity index (χ2v) is 4.61. The Bertz CT molecular complexity index is 502. The number of aromatic nitrogens is 2. The van der Waals surface area contributed by atoms with Gasteiger partial charge in [0.1, 0.15) is 0 Å². The maximum Gasteiger partial charge on any atom is 0.0964 e. The third kappa shape index (κ3) is 1.76. The predicted octanol–water partition coefficient (Wildman–Crippen LogP) is 2.00. The topological polar surface area (TPSA) is 53.1 Å². The molecule has 0 bridgehead atoms. The number of rotatable bonds is 3. The molecule has 0 fully saturated rings. The molecule has 4 nitrogen and oxygen atoms in total. The Morgan fingerprint density at radius 3 is 2.88 bits per heavy atom. The van der Waals surface area contributed by atoms with Gasteiger partial charge in [0.05, 0.1) is 29.5 Å². The lowest BCUT2D eigenvalue weighted by Crippen LogP contribution is -2.30. The lowest BCUT2D eigenvalue weighted by Gasteiger charge is -2.26. The summed E-state index contributed by atoms with van der Waals surface area (Å²) in [6, 6.07) is 5.77. The van der Waals surface area contributed by atoms with E-state index in [-0.39, 0.29) is 5.54 Å². The van der Waals surface area contributed by atoms with Crippen LogP contribution in [0, 0.1) is 0 Å². The molecule has 0 amide bonds. The first-order chi connectivity index (χ1) is 7.54. The number of hydrogen-bond acceptors (Lipinski definition) is 3. The number of nitrogens with two attached hydrogens (primary N) is 1. The number of methoxy groups -OCH3 is 1. The molecular weight excluding hydrogens is 202 g/mol. The number of anilines is 1. The van der Waals surface area contributed by atoms with Crippen molar-refractivity contribution in [3.05, 3.63) is 24.5 Å². The summed E-state index contributed by atoms with van der Waals surface area (Å²) in [6.45, 7) is 4.88. The number of imidazole rings is 1. The zero-order valence-electron chi connectivity index (χ0n) is 9.90. The first-order valence-corrected chi connectivity index (χ1v) is 5.26. The van der Waals surface area contributed by atoms with Gasteiger partial charge in [0.2, 0.25) is 0 Å². The van der Waals surface area contributed by atoms with E-state index in [9.17, 15) is 0 Å². The highest BCUT2D eigenvalue weighted by molar-refractivity contribution is 5.79. The number of benzene rings is 1. The zero-order chi connectivity index (χ0) is 11.8. The first kappa shape index (κ1) is 11.0. The third-order valence-corrected chi connectivity index (χ3v) is 2.72. The smallest absolute Gasteiger partial charge is 0.0964 e. The molecule has 0 saturated carbocycles. The summed E-state index contributed by atoms with van der Waals surface area (Å²) in [4.78, 5) is 4.36. The van der Waals surface area contributed by atoms with Gasteiger partial charge in [0, 0.05) is 12.8 Å². The second kappa shape index (κ2) is 3.79. The molecule has 0 atom stereocenters. The predicted molar refractivity (Wildman–Crippen MR) is 65.3 cm³/mol. The summed E-state index contributed by atoms with van der Waals surface area (Å²) >= 11 is 0. The van der Waals surface area contributed by atoms with Crippen LogP contribution < -0.4 is 5.73 Å². The van der Waals surface area contributed by atoms with E-state index in [1.54, 1.807) is 7.11 Å². The van der Waals surface area contributed by atoms with Crippen molar-refractivity contribution >= 4 is 16.7 Å². The van der Waals surface area contributed by atoms with Crippen molar-refractivity contribution in [3.8, 4) is 0 Å². The molecule has 0 aliphatic carbocycles. The van der Waals surface area contributed by atoms with Gasteiger partial charge < -0.3 is 15.0 Å². The van der Waals surface area contributed by atoms with E-state index in [1.807, 2.05) is 24.5 Å². The van der Waals surface area contributed by atoms with Crippen LogP contribution in [0.25, 0.3) is 11.0 Å². The lowest BCUT2D eigenvalue weighted by molar-refractivity contribution is 0.112. The summed E-state index contributed by atoms with van der Waals surface area (Å²) in [5.74, 6) is 0. The van der Waals surface area contributed by atoms with E-state index in [2.05, 4.69) is 23.4 Å². The van der Waals surface area contributed by atoms with E-state index in [0.29, 0.717) is 6.61 Å². The van der Waals surface area contributed by atoms with Crippen LogP contribution in [-0.4, -0.2) is 23.3 Å². The summed E-state index contributed by atoms with van der Waals surface area (Å²) in [5.41, 5.74) is 8.35. The third-order valence-electron chi connectivity index (χ3n) is 2.72. The lowest BCUT2D eigenvalue weighted by atomic mass is 10.1. The molecule has 2 N–H and O–H groups in total. The van der Waals surface area contributed by atoms with Gasteiger partial charge in [0.15, 0.2) is 0 Å². The number of hydrogen-bond donors (Lipinski definition) is 1. The zero-order valence-corrected chi connectivity index (χ0v) is 9.90. The van der Waals surface area contributed by atoms with Crippen molar-refractivity contribution in [2.45, 2.75) is 19.4 Å². The van der Waals surface area contributed by atoms with Crippen LogP contribution in [0.15, 0.2) is 24.5 Å². The van der Waals surface area contributed by atoms with Gasteiger partial charge in [-0.15, -0.1) is 0 Å². The molecule has 86 valence electrons. The normalized spacial score (nSPS) is 12.2. The van der Waals surface area contributed by atoms with Crippen molar-refractivity contribution in [1.29, 1.82) is 0 Å². The molecule has 0 spiro atoms. The number of nitrogens with zero attached hydrogens (tertiary/aromatic N) is 2. The van der Waals surface area contributed by atoms with Crippen LogP contribution in [-0.2, 0) is 10.3 Å². The fourth-order valence-electron chi connectivity index (χ4n) is 1.93. The highest BCUT2D eigenvalue weighted by Gasteiger charge is 2.21. The molecule has 0 unspecified atom stereocenters. The Morgan fingerprint density at radius 2 is 2.19 bits per heavy atom. The van der Waals surface area contributed by atoms with Gasteiger partial charge in [-0.3, -0.25) is 0 Å². The highest BCUT2D eigenvalue weighted by atomic mass is 16.5. The van der Waals surface area contributed by atoms with Crippen LogP contribution in [0.5, 0.6) is 0 Å². The quantitative estimate of drug-likeness (QED) is 0.803. The molecule has 16 heavy (non-hydrogen) atoms. The molecule has 1 aromatic carbocycles. The molecule has 1 aromatic heterocycles. The Labute approximate surface area is 95.0 Å². The maximum absolute atomic E-state index is 5.73. The molecule has 2 aromatic rings. The van der Waals surface area contributed by atoms with Crippen molar-refractivity contribution in [3.63, 3.8) is 0 Å². The van der Waals surface area contributed by atoms with Crippen LogP contribution >= 0.6 is 0 Å². The van der Waals surface area contributed by atoms with E-state index in [0.717, 1.165) is 16.7 Å². The largest absolute Gasteiger partial charge is 0.399 e. The van der Waals surface area contributed by atoms with E-state index in [1.165, 1.54) is 0 Å². The molecule has 1 heterocycles. The van der Waals surface area contributed by atoms with Crippen LogP contribution in [0.4, 0.5) is 5.69 Å². The summed E-state index contributed by atoms with van der Waals surface area (Å²) < 4.78 is 7.35. The fourth-order valence-corrected chi connectivity index (χ4v) is 1.93.